The fourth-order valence-corrected chi connectivity index (χ4v) is 2.44. The van der Waals surface area contributed by atoms with E-state index in [2.05, 4.69) is 9.97 Å². The first kappa shape index (κ1) is 16.2. The maximum absolute atomic E-state index is 11.5. The third-order valence-corrected chi connectivity index (χ3v) is 3.56. The first-order valence-corrected chi connectivity index (χ1v) is 7.32. The van der Waals surface area contributed by atoms with E-state index < -0.39 is 6.04 Å². The molecule has 1 atom stereocenters. The molecule has 0 saturated carbocycles. The van der Waals surface area contributed by atoms with Gasteiger partial charge in [0.25, 0.3) is 5.56 Å². The molecule has 1 unspecified atom stereocenters. The number of nitrogens with one attached hydrogen (secondary N) is 1. The number of aromatic nitrogens is 2. The number of nitrogens with two attached hydrogens (primary N) is 1. The molecule has 0 aliphatic carbocycles. The van der Waals surface area contributed by atoms with E-state index in [0.717, 1.165) is 11.1 Å². The number of aromatic hydroxyl groups is 1. The first-order valence-electron chi connectivity index (χ1n) is 7.32. The molecular weight excluding hydrogens is 278 g/mol. The number of phenols is 1. The highest BCUT2D eigenvalue weighted by molar-refractivity contribution is 5.40. The molecule has 0 fully saturated rings. The minimum atomic E-state index is -0.398. The van der Waals surface area contributed by atoms with E-state index in [-0.39, 0.29) is 16.7 Å². The maximum Gasteiger partial charge on any atom is 0.251 e. The number of aryl methyl sites for hydroxylation is 1. The Morgan fingerprint density at radius 3 is 2.59 bits per heavy atom. The Morgan fingerprint density at radius 2 is 2.00 bits per heavy atom. The van der Waals surface area contributed by atoms with Crippen LogP contribution in [0.2, 0.25) is 0 Å². The van der Waals surface area contributed by atoms with Gasteiger partial charge < -0.3 is 15.8 Å². The zero-order chi connectivity index (χ0) is 16.5. The quantitative estimate of drug-likeness (QED) is 0.811. The summed E-state index contributed by atoms with van der Waals surface area (Å²) >= 11 is 0. The van der Waals surface area contributed by atoms with E-state index in [4.69, 9.17) is 5.73 Å². The number of aromatic amines is 1. The molecule has 0 radical (unpaired) electrons. The molecule has 2 aromatic rings. The van der Waals surface area contributed by atoms with Crippen molar-refractivity contribution in [3.63, 3.8) is 0 Å². The van der Waals surface area contributed by atoms with Gasteiger partial charge in [0, 0.05) is 11.8 Å². The third kappa shape index (κ3) is 3.74. The first-order chi connectivity index (χ1) is 10.2. The summed E-state index contributed by atoms with van der Waals surface area (Å²) in [7, 11) is 0. The lowest BCUT2D eigenvalue weighted by Crippen LogP contribution is -2.22. The van der Waals surface area contributed by atoms with E-state index in [1.165, 1.54) is 6.07 Å². The minimum Gasteiger partial charge on any atom is -0.508 e. The molecule has 0 aliphatic rings. The Labute approximate surface area is 130 Å². The molecule has 0 aliphatic heterocycles. The molecule has 1 aromatic heterocycles. The highest BCUT2D eigenvalue weighted by Gasteiger charge is 2.19. The fourth-order valence-electron chi connectivity index (χ4n) is 2.44. The smallest absolute Gasteiger partial charge is 0.251 e. The summed E-state index contributed by atoms with van der Waals surface area (Å²) in [6, 6.07) is 6.54. The van der Waals surface area contributed by atoms with Gasteiger partial charge in [-0.3, -0.25) is 4.79 Å². The lowest BCUT2D eigenvalue weighted by Gasteiger charge is -2.22. The van der Waals surface area contributed by atoms with Crippen LogP contribution in [0.3, 0.4) is 0 Å². The van der Waals surface area contributed by atoms with Gasteiger partial charge in [-0.2, -0.15) is 0 Å². The second kappa shape index (κ2) is 5.93. The molecule has 4 N–H and O–H groups in total. The minimum absolute atomic E-state index is 0.153. The normalized spacial score (nSPS) is 13.1. The number of rotatable bonds is 3. The lowest BCUT2D eigenvalue weighted by molar-refractivity contribution is 0.446. The van der Waals surface area contributed by atoms with Gasteiger partial charge in [-0.25, -0.2) is 4.98 Å². The SMILES string of the molecule is Cc1cc(=O)[nH]c(C(N)Cc2ccc(O)c(C(C)(C)C)c2)n1. The lowest BCUT2D eigenvalue weighted by atomic mass is 9.85. The molecule has 2 rings (SSSR count). The Bertz CT molecular complexity index is 729. The number of phenolic OH excluding ortho intramolecular Hbond substituents is 1. The fraction of sp³-hybridized carbons (Fsp3) is 0.412. The Balaban J connectivity index is 2.29. The average molecular weight is 301 g/mol. The Morgan fingerprint density at radius 1 is 1.32 bits per heavy atom. The second-order valence-electron chi connectivity index (χ2n) is 6.68. The van der Waals surface area contributed by atoms with Crippen LogP contribution in [-0.4, -0.2) is 15.1 Å². The van der Waals surface area contributed by atoms with Gasteiger partial charge >= 0.3 is 0 Å². The highest BCUT2D eigenvalue weighted by Crippen LogP contribution is 2.31. The zero-order valence-electron chi connectivity index (χ0n) is 13.5. The Hall–Kier alpha value is -2.14. The van der Waals surface area contributed by atoms with E-state index >= 15 is 0 Å². The van der Waals surface area contributed by atoms with Gasteiger partial charge in [-0.15, -0.1) is 0 Å². The molecule has 22 heavy (non-hydrogen) atoms. The number of H-pyrrole nitrogens is 1. The van der Waals surface area contributed by atoms with Crippen LogP contribution in [0.25, 0.3) is 0 Å². The van der Waals surface area contributed by atoms with Crippen molar-refractivity contribution < 1.29 is 5.11 Å². The second-order valence-corrected chi connectivity index (χ2v) is 6.68. The summed E-state index contributed by atoms with van der Waals surface area (Å²) in [6.07, 6.45) is 0.537. The van der Waals surface area contributed by atoms with Crippen LogP contribution < -0.4 is 11.3 Å². The maximum atomic E-state index is 11.5. The highest BCUT2D eigenvalue weighted by atomic mass is 16.3. The molecule has 0 amide bonds. The van der Waals surface area contributed by atoms with Crippen LogP contribution in [0.4, 0.5) is 0 Å². The molecule has 0 saturated heterocycles. The van der Waals surface area contributed by atoms with Crippen LogP contribution >= 0.6 is 0 Å². The number of hydrogen-bond donors (Lipinski definition) is 3. The van der Waals surface area contributed by atoms with Crippen molar-refractivity contribution in [2.45, 2.75) is 45.6 Å². The molecule has 118 valence electrons. The summed E-state index contributed by atoms with van der Waals surface area (Å²) < 4.78 is 0. The van der Waals surface area contributed by atoms with Gasteiger partial charge in [0.2, 0.25) is 0 Å². The molecule has 5 heteroatoms. The van der Waals surface area contributed by atoms with Crippen LogP contribution in [0.5, 0.6) is 5.75 Å². The summed E-state index contributed by atoms with van der Waals surface area (Å²) in [5.74, 6) is 0.766. The van der Waals surface area contributed by atoms with Crippen molar-refractivity contribution in [2.24, 2.45) is 5.73 Å². The monoisotopic (exact) mass is 301 g/mol. The number of benzene rings is 1. The number of hydrogen-bond acceptors (Lipinski definition) is 4. The van der Waals surface area contributed by atoms with Crippen LogP contribution in [0.15, 0.2) is 29.1 Å². The largest absolute Gasteiger partial charge is 0.508 e. The van der Waals surface area contributed by atoms with Crippen molar-refractivity contribution in [3.8, 4) is 5.75 Å². The Kier molecular flexibility index (Phi) is 4.37. The summed E-state index contributed by atoms with van der Waals surface area (Å²) in [5.41, 5.74) is 8.34. The van der Waals surface area contributed by atoms with Crippen LogP contribution in [0.1, 0.15) is 49.5 Å². The molecule has 1 aromatic carbocycles. The average Bonchev–Trinajstić information content (AvgIpc) is 2.38. The van der Waals surface area contributed by atoms with Crippen molar-refractivity contribution in [3.05, 3.63) is 57.3 Å². The molecular formula is C17H23N3O2. The van der Waals surface area contributed by atoms with Crippen molar-refractivity contribution in [1.29, 1.82) is 0 Å². The van der Waals surface area contributed by atoms with E-state index in [0.29, 0.717) is 17.9 Å². The van der Waals surface area contributed by atoms with E-state index in [1.807, 2.05) is 32.9 Å². The van der Waals surface area contributed by atoms with Gasteiger partial charge in [-0.1, -0.05) is 32.9 Å². The predicted octanol–water partition coefficient (Wildman–Crippen LogP) is 2.32. The summed E-state index contributed by atoms with van der Waals surface area (Å²) in [5, 5.41) is 10.0. The molecule has 1 heterocycles. The summed E-state index contributed by atoms with van der Waals surface area (Å²) in [6.45, 7) is 7.91. The van der Waals surface area contributed by atoms with Gasteiger partial charge in [0.1, 0.15) is 11.6 Å². The van der Waals surface area contributed by atoms with Crippen molar-refractivity contribution in [2.75, 3.05) is 0 Å². The van der Waals surface area contributed by atoms with E-state index in [1.54, 1.807) is 13.0 Å². The molecule has 5 nitrogen and oxygen atoms in total. The zero-order valence-corrected chi connectivity index (χ0v) is 13.5. The van der Waals surface area contributed by atoms with Gasteiger partial charge in [0.05, 0.1) is 6.04 Å². The van der Waals surface area contributed by atoms with E-state index in [9.17, 15) is 9.90 Å². The standard InChI is InChI=1S/C17H23N3O2/c1-10-7-15(22)20-16(19-10)13(18)9-11-5-6-14(21)12(8-11)17(2,3)4/h5-8,13,21H,9,18H2,1-4H3,(H,19,20,22). The third-order valence-electron chi connectivity index (χ3n) is 3.56. The molecule has 0 spiro atoms. The topological polar surface area (TPSA) is 92.0 Å². The van der Waals surface area contributed by atoms with Gasteiger partial charge in [0.15, 0.2) is 0 Å². The number of nitrogens with zero attached hydrogens (tertiary/aromatic N) is 1. The van der Waals surface area contributed by atoms with Gasteiger partial charge in [-0.05, 0) is 36.0 Å². The van der Waals surface area contributed by atoms with Crippen molar-refractivity contribution >= 4 is 0 Å². The van der Waals surface area contributed by atoms with Crippen LogP contribution in [0, 0.1) is 6.92 Å². The van der Waals surface area contributed by atoms with Crippen LogP contribution in [-0.2, 0) is 11.8 Å². The predicted molar refractivity (Wildman–Crippen MR) is 87.0 cm³/mol. The molecule has 0 bridgehead atoms. The summed E-state index contributed by atoms with van der Waals surface area (Å²) in [4.78, 5) is 18.5. The van der Waals surface area contributed by atoms with Crippen molar-refractivity contribution in [1.82, 2.24) is 9.97 Å².